The van der Waals surface area contributed by atoms with Crippen LogP contribution < -0.4 is 5.32 Å². The van der Waals surface area contributed by atoms with Gasteiger partial charge in [-0.05, 0) is 51.4 Å². The van der Waals surface area contributed by atoms with Crippen molar-refractivity contribution in [3.05, 3.63) is 24.3 Å². The molecule has 0 rings (SSSR count). The van der Waals surface area contributed by atoms with Crippen LogP contribution in [0.15, 0.2) is 24.3 Å². The molecule has 0 aromatic carbocycles. The number of unbranched alkanes of at least 4 members (excludes halogenated alkanes) is 32. The van der Waals surface area contributed by atoms with Crippen molar-refractivity contribution in [1.82, 2.24) is 5.32 Å². The highest BCUT2D eigenvalue weighted by molar-refractivity contribution is 5.77. The lowest BCUT2D eigenvalue weighted by Crippen LogP contribution is -2.46. The number of aliphatic hydroxyl groups is 2. The van der Waals surface area contributed by atoms with Crippen molar-refractivity contribution < 1.29 is 24.5 Å². The van der Waals surface area contributed by atoms with Crippen LogP contribution >= 0.6 is 0 Å². The number of allylic oxidation sites excluding steroid dienone is 4. The van der Waals surface area contributed by atoms with Gasteiger partial charge in [-0.2, -0.15) is 0 Å². The lowest BCUT2D eigenvalue weighted by atomic mass is 10.0. The van der Waals surface area contributed by atoms with Gasteiger partial charge >= 0.3 is 5.97 Å². The second-order valence-corrected chi connectivity index (χ2v) is 18.0. The highest BCUT2D eigenvalue weighted by Gasteiger charge is 2.24. The summed E-state index contributed by atoms with van der Waals surface area (Å²) in [6, 6.07) is -0.705. The Morgan fingerprint density at radius 3 is 1.27 bits per heavy atom. The fraction of sp³-hybridized carbons (Fsp3) is 0.887. The van der Waals surface area contributed by atoms with E-state index < -0.39 is 18.2 Å². The minimum atomic E-state index is -0.790. The molecule has 0 saturated carbocycles. The molecule has 348 valence electrons. The van der Waals surface area contributed by atoms with Gasteiger partial charge in [0.2, 0.25) is 5.91 Å². The van der Waals surface area contributed by atoms with Gasteiger partial charge < -0.3 is 20.3 Å². The summed E-state index contributed by atoms with van der Waals surface area (Å²) >= 11 is 0. The first-order chi connectivity index (χ1) is 29.0. The molecule has 6 heteroatoms. The molecule has 6 nitrogen and oxygen atoms in total. The van der Waals surface area contributed by atoms with Crippen LogP contribution in [-0.2, 0) is 14.3 Å². The van der Waals surface area contributed by atoms with E-state index in [0.717, 1.165) is 70.6 Å². The predicted octanol–water partition coefficient (Wildman–Crippen LogP) is 15.5. The Morgan fingerprint density at radius 1 is 0.492 bits per heavy atom. The molecule has 0 spiro atoms. The van der Waals surface area contributed by atoms with Gasteiger partial charge in [-0.15, -0.1) is 0 Å². The maximum absolute atomic E-state index is 13.2. The predicted molar refractivity (Wildman–Crippen MR) is 255 cm³/mol. The summed E-state index contributed by atoms with van der Waals surface area (Å²) in [5, 5.41) is 23.7. The van der Waals surface area contributed by atoms with E-state index >= 15 is 0 Å². The molecule has 59 heavy (non-hydrogen) atoms. The molecule has 0 radical (unpaired) electrons. The molecule has 0 aromatic rings. The van der Waals surface area contributed by atoms with E-state index in [1.807, 2.05) is 0 Å². The van der Waals surface area contributed by atoms with Crippen molar-refractivity contribution in [1.29, 1.82) is 0 Å². The molecule has 0 aromatic heterocycles. The van der Waals surface area contributed by atoms with Gasteiger partial charge in [0.15, 0.2) is 0 Å². The molecule has 0 aliphatic carbocycles. The Hall–Kier alpha value is -1.66. The van der Waals surface area contributed by atoms with E-state index in [0.29, 0.717) is 19.3 Å². The molecule has 0 saturated heterocycles. The summed E-state index contributed by atoms with van der Waals surface area (Å²) in [6.07, 6.45) is 53.8. The van der Waals surface area contributed by atoms with E-state index in [2.05, 4.69) is 50.4 Å². The fourth-order valence-electron chi connectivity index (χ4n) is 8.07. The average molecular weight is 832 g/mol. The van der Waals surface area contributed by atoms with Crippen molar-refractivity contribution in [2.45, 2.75) is 296 Å². The number of carbonyl (C=O) groups excluding carboxylic acids is 2. The number of nitrogens with one attached hydrogen (secondary N) is 1. The van der Waals surface area contributed by atoms with Gasteiger partial charge in [-0.1, -0.05) is 238 Å². The van der Waals surface area contributed by atoms with E-state index in [-0.39, 0.29) is 24.9 Å². The van der Waals surface area contributed by atoms with Gasteiger partial charge in [0, 0.05) is 6.42 Å². The van der Waals surface area contributed by atoms with Crippen molar-refractivity contribution in [2.75, 3.05) is 6.61 Å². The number of esters is 1. The quantitative estimate of drug-likeness (QED) is 0.0322. The van der Waals surface area contributed by atoms with Crippen LogP contribution in [0.4, 0.5) is 0 Å². The van der Waals surface area contributed by atoms with Gasteiger partial charge in [0.05, 0.1) is 25.2 Å². The zero-order valence-electron chi connectivity index (χ0n) is 39.7. The maximum Gasteiger partial charge on any atom is 0.306 e. The average Bonchev–Trinajstić information content (AvgIpc) is 3.23. The van der Waals surface area contributed by atoms with Crippen LogP contribution in [0.2, 0.25) is 0 Å². The normalized spacial score (nSPS) is 13.4. The summed E-state index contributed by atoms with van der Waals surface area (Å²) in [6.45, 7) is 6.48. The third-order valence-electron chi connectivity index (χ3n) is 12.1. The van der Waals surface area contributed by atoms with Gasteiger partial charge in [-0.3, -0.25) is 9.59 Å². The Labute approximate surface area is 367 Å². The van der Waals surface area contributed by atoms with E-state index in [1.165, 1.54) is 161 Å². The molecule has 0 bridgehead atoms. The van der Waals surface area contributed by atoms with Gasteiger partial charge in [0.1, 0.15) is 6.10 Å². The molecular formula is C53H101NO5. The molecule has 0 aliphatic heterocycles. The van der Waals surface area contributed by atoms with Crippen LogP contribution in [0, 0.1) is 0 Å². The SMILES string of the molecule is CCCCCCCCC/C=C/C=C/CCCCCC(CC(=O)NC(CO)C(O)CCCCCCCCCCCCCC)OC(=O)CCCCCCCCCCCCCC. The Bertz CT molecular complexity index is 935. The first-order valence-corrected chi connectivity index (χ1v) is 26.1. The fourth-order valence-corrected chi connectivity index (χ4v) is 8.07. The zero-order valence-corrected chi connectivity index (χ0v) is 39.7. The van der Waals surface area contributed by atoms with Crippen molar-refractivity contribution in [2.24, 2.45) is 0 Å². The smallest absolute Gasteiger partial charge is 0.306 e. The van der Waals surface area contributed by atoms with Crippen LogP contribution in [0.5, 0.6) is 0 Å². The molecular weight excluding hydrogens is 731 g/mol. The Morgan fingerprint density at radius 2 is 0.847 bits per heavy atom. The van der Waals surface area contributed by atoms with Gasteiger partial charge in [0.25, 0.3) is 0 Å². The highest BCUT2D eigenvalue weighted by Crippen LogP contribution is 2.18. The van der Waals surface area contributed by atoms with Crippen molar-refractivity contribution >= 4 is 11.9 Å². The number of hydrogen-bond donors (Lipinski definition) is 3. The number of rotatable bonds is 47. The lowest BCUT2D eigenvalue weighted by molar-refractivity contribution is -0.151. The monoisotopic (exact) mass is 832 g/mol. The van der Waals surface area contributed by atoms with E-state index in [1.54, 1.807) is 0 Å². The summed E-state index contributed by atoms with van der Waals surface area (Å²) in [5.41, 5.74) is 0. The second-order valence-electron chi connectivity index (χ2n) is 18.0. The summed E-state index contributed by atoms with van der Waals surface area (Å²) in [7, 11) is 0. The summed E-state index contributed by atoms with van der Waals surface area (Å²) in [5.74, 6) is -0.487. The molecule has 0 aliphatic rings. The maximum atomic E-state index is 13.2. The zero-order chi connectivity index (χ0) is 43.1. The number of ether oxygens (including phenoxy) is 1. The Balaban J connectivity index is 4.61. The first-order valence-electron chi connectivity index (χ1n) is 26.1. The largest absolute Gasteiger partial charge is 0.462 e. The molecule has 0 fully saturated rings. The van der Waals surface area contributed by atoms with Crippen LogP contribution in [0.25, 0.3) is 0 Å². The molecule has 0 heterocycles. The Kier molecular flexibility index (Phi) is 46.1. The number of aliphatic hydroxyl groups excluding tert-OH is 2. The minimum absolute atomic E-state index is 0.0649. The molecule has 3 unspecified atom stereocenters. The third-order valence-corrected chi connectivity index (χ3v) is 12.1. The second kappa shape index (κ2) is 47.4. The highest BCUT2D eigenvalue weighted by atomic mass is 16.5. The van der Waals surface area contributed by atoms with E-state index in [4.69, 9.17) is 4.74 Å². The summed E-state index contributed by atoms with van der Waals surface area (Å²) in [4.78, 5) is 26.1. The molecule has 3 atom stereocenters. The summed E-state index contributed by atoms with van der Waals surface area (Å²) < 4.78 is 5.92. The van der Waals surface area contributed by atoms with E-state index in [9.17, 15) is 19.8 Å². The first kappa shape index (κ1) is 57.3. The standard InChI is InChI=1S/C53H101NO5/c1-4-7-10-13-16-19-22-25-26-27-28-29-32-35-38-41-44-49(59-53(58)46-43-40-37-34-31-24-21-18-15-12-9-6-3)47-52(57)54-50(48-55)51(56)45-42-39-36-33-30-23-20-17-14-11-8-5-2/h26-29,49-51,55-56H,4-25,30-48H2,1-3H3,(H,54,57)/b27-26+,29-28+. The minimum Gasteiger partial charge on any atom is -0.462 e. The topological polar surface area (TPSA) is 95.9 Å². The van der Waals surface area contributed by atoms with Crippen LogP contribution in [0.3, 0.4) is 0 Å². The number of carbonyl (C=O) groups is 2. The van der Waals surface area contributed by atoms with Crippen molar-refractivity contribution in [3.63, 3.8) is 0 Å². The molecule has 3 N–H and O–H groups in total. The molecule has 1 amide bonds. The van der Waals surface area contributed by atoms with Crippen molar-refractivity contribution in [3.8, 4) is 0 Å². The lowest BCUT2D eigenvalue weighted by Gasteiger charge is -2.24. The van der Waals surface area contributed by atoms with Crippen LogP contribution in [-0.4, -0.2) is 46.9 Å². The number of hydrogen-bond acceptors (Lipinski definition) is 5. The van der Waals surface area contributed by atoms with Crippen LogP contribution in [0.1, 0.15) is 278 Å². The number of amides is 1. The third kappa shape index (κ3) is 42.8. The van der Waals surface area contributed by atoms with Gasteiger partial charge in [-0.25, -0.2) is 0 Å².